The molecular formula is C12H14BrNO3S2. The fourth-order valence-electron chi connectivity index (χ4n) is 1.85. The molecule has 4 nitrogen and oxygen atoms in total. The number of nitrogens with zero attached hydrogens (tertiary/aromatic N) is 1. The molecule has 0 spiro atoms. The number of carbonyl (C=O) groups excluding carboxylic acids is 2. The first-order valence-corrected chi connectivity index (χ1v) is 8.70. The van der Waals surface area contributed by atoms with Gasteiger partial charge in [-0.05, 0) is 35.0 Å². The molecule has 1 aliphatic heterocycles. The van der Waals surface area contributed by atoms with Crippen LogP contribution in [0.2, 0.25) is 0 Å². The third-order valence-corrected chi connectivity index (χ3v) is 5.37. The van der Waals surface area contributed by atoms with Crippen molar-refractivity contribution in [2.75, 3.05) is 24.7 Å². The molecule has 0 aliphatic carbocycles. The molecule has 104 valence electrons. The summed E-state index contributed by atoms with van der Waals surface area (Å²) in [4.78, 5) is 26.6. The predicted octanol–water partition coefficient (Wildman–Crippen LogP) is 2.63. The van der Waals surface area contributed by atoms with E-state index < -0.39 is 6.04 Å². The number of esters is 1. The average molecular weight is 364 g/mol. The zero-order valence-corrected chi connectivity index (χ0v) is 13.6. The summed E-state index contributed by atoms with van der Waals surface area (Å²) in [6.45, 7) is 2.70. The largest absolute Gasteiger partial charge is 0.464 e. The van der Waals surface area contributed by atoms with Crippen molar-refractivity contribution in [2.45, 2.75) is 13.0 Å². The fourth-order valence-corrected chi connectivity index (χ4v) is 4.23. The van der Waals surface area contributed by atoms with E-state index in [0.29, 0.717) is 23.8 Å². The van der Waals surface area contributed by atoms with Crippen LogP contribution in [0.3, 0.4) is 0 Å². The minimum absolute atomic E-state index is 0.0888. The number of carbonyl (C=O) groups is 2. The average Bonchev–Trinajstić information content (AvgIpc) is 2.85. The second kappa shape index (κ2) is 6.76. The number of ether oxygens (including phenoxy) is 1. The molecule has 1 unspecified atom stereocenters. The first-order chi connectivity index (χ1) is 9.13. The molecule has 2 heterocycles. The third kappa shape index (κ3) is 3.52. The van der Waals surface area contributed by atoms with E-state index in [1.165, 1.54) is 11.3 Å². The van der Waals surface area contributed by atoms with Crippen LogP contribution in [0.5, 0.6) is 0 Å². The molecule has 0 saturated carbocycles. The summed E-state index contributed by atoms with van der Waals surface area (Å²) >= 11 is 6.41. The van der Waals surface area contributed by atoms with E-state index in [1.807, 2.05) is 6.07 Å². The van der Waals surface area contributed by atoms with Gasteiger partial charge in [-0.15, -0.1) is 11.3 Å². The molecule has 0 aromatic carbocycles. The van der Waals surface area contributed by atoms with Gasteiger partial charge in [0.2, 0.25) is 0 Å². The van der Waals surface area contributed by atoms with Crippen LogP contribution >= 0.6 is 39.0 Å². The van der Waals surface area contributed by atoms with Crippen LogP contribution in [0, 0.1) is 0 Å². The van der Waals surface area contributed by atoms with Gasteiger partial charge in [0, 0.05) is 18.1 Å². The van der Waals surface area contributed by atoms with E-state index in [1.54, 1.807) is 29.7 Å². The minimum atomic E-state index is -0.466. The van der Waals surface area contributed by atoms with Gasteiger partial charge in [0.05, 0.1) is 15.3 Å². The number of thiophene rings is 1. The lowest BCUT2D eigenvalue weighted by Crippen LogP contribution is -2.50. The molecule has 1 atom stereocenters. The first-order valence-electron chi connectivity index (χ1n) is 5.94. The molecule has 0 N–H and O–H groups in total. The molecule has 1 aromatic rings. The molecule has 1 amide bonds. The molecule has 2 rings (SSSR count). The van der Waals surface area contributed by atoms with Crippen molar-refractivity contribution in [1.29, 1.82) is 0 Å². The molecule has 1 aliphatic rings. The van der Waals surface area contributed by atoms with Crippen molar-refractivity contribution in [2.24, 2.45) is 0 Å². The fraction of sp³-hybridized carbons (Fsp3) is 0.500. The summed E-state index contributed by atoms with van der Waals surface area (Å²) < 4.78 is 5.96. The van der Waals surface area contributed by atoms with Gasteiger partial charge in [-0.1, -0.05) is 0 Å². The molecule has 1 aromatic heterocycles. The molecule has 1 fully saturated rings. The molecule has 1 saturated heterocycles. The van der Waals surface area contributed by atoms with Crippen molar-refractivity contribution in [3.05, 3.63) is 20.8 Å². The number of hydrogen-bond donors (Lipinski definition) is 0. The van der Waals surface area contributed by atoms with E-state index in [-0.39, 0.29) is 11.9 Å². The van der Waals surface area contributed by atoms with Crippen LogP contribution in [-0.2, 0) is 9.53 Å². The number of rotatable bonds is 3. The third-order valence-electron chi connectivity index (χ3n) is 2.73. The van der Waals surface area contributed by atoms with Crippen molar-refractivity contribution >= 4 is 50.9 Å². The summed E-state index contributed by atoms with van der Waals surface area (Å²) in [5, 5.41) is 0. The predicted molar refractivity (Wildman–Crippen MR) is 80.8 cm³/mol. The number of hydrogen-bond acceptors (Lipinski definition) is 5. The Morgan fingerprint density at radius 3 is 2.95 bits per heavy atom. The zero-order chi connectivity index (χ0) is 13.8. The lowest BCUT2D eigenvalue weighted by molar-refractivity contribution is -0.147. The van der Waals surface area contributed by atoms with Crippen molar-refractivity contribution < 1.29 is 14.3 Å². The van der Waals surface area contributed by atoms with Crippen LogP contribution in [0.1, 0.15) is 16.6 Å². The summed E-state index contributed by atoms with van der Waals surface area (Å²) in [6, 6.07) is 3.16. The Morgan fingerprint density at radius 2 is 2.32 bits per heavy atom. The summed E-state index contributed by atoms with van der Waals surface area (Å²) in [6.07, 6.45) is 0. The highest BCUT2D eigenvalue weighted by Crippen LogP contribution is 2.26. The number of halogens is 1. The normalized spacial score (nSPS) is 19.3. The van der Waals surface area contributed by atoms with Gasteiger partial charge in [0.15, 0.2) is 0 Å². The Labute approximate surface area is 128 Å². The number of amides is 1. The van der Waals surface area contributed by atoms with Gasteiger partial charge in [0.1, 0.15) is 6.04 Å². The van der Waals surface area contributed by atoms with Crippen LogP contribution in [0.4, 0.5) is 0 Å². The molecule has 7 heteroatoms. The summed E-state index contributed by atoms with van der Waals surface area (Å²) in [7, 11) is 0. The second-order valence-corrected chi connectivity index (χ2v) is 7.56. The number of thioether (sulfide) groups is 1. The van der Waals surface area contributed by atoms with Gasteiger partial charge in [-0.3, -0.25) is 4.79 Å². The van der Waals surface area contributed by atoms with Crippen molar-refractivity contribution in [3.8, 4) is 0 Å². The Morgan fingerprint density at radius 1 is 1.53 bits per heavy atom. The van der Waals surface area contributed by atoms with Crippen LogP contribution in [0.25, 0.3) is 0 Å². The Kier molecular flexibility index (Phi) is 5.29. The van der Waals surface area contributed by atoms with Crippen LogP contribution in [0.15, 0.2) is 15.9 Å². The molecular weight excluding hydrogens is 350 g/mol. The summed E-state index contributed by atoms with van der Waals surface area (Å²) in [5.41, 5.74) is 0. The maximum Gasteiger partial charge on any atom is 0.329 e. The van der Waals surface area contributed by atoms with Crippen molar-refractivity contribution in [1.82, 2.24) is 4.90 Å². The monoisotopic (exact) mass is 363 g/mol. The minimum Gasteiger partial charge on any atom is -0.464 e. The highest BCUT2D eigenvalue weighted by Gasteiger charge is 2.34. The second-order valence-electron chi connectivity index (χ2n) is 3.95. The maximum absolute atomic E-state index is 12.4. The quantitative estimate of drug-likeness (QED) is 0.774. The first kappa shape index (κ1) is 14.9. The van der Waals surface area contributed by atoms with E-state index in [9.17, 15) is 9.59 Å². The van der Waals surface area contributed by atoms with E-state index in [2.05, 4.69) is 15.9 Å². The Balaban J connectivity index is 2.15. The lowest BCUT2D eigenvalue weighted by atomic mass is 10.2. The topological polar surface area (TPSA) is 46.6 Å². The van der Waals surface area contributed by atoms with E-state index >= 15 is 0 Å². The van der Waals surface area contributed by atoms with Crippen molar-refractivity contribution in [3.63, 3.8) is 0 Å². The van der Waals surface area contributed by atoms with Gasteiger partial charge >= 0.3 is 5.97 Å². The van der Waals surface area contributed by atoms with Crippen LogP contribution in [-0.4, -0.2) is 47.5 Å². The SMILES string of the molecule is CCOC(=O)C1CSCCN1C(=O)c1ccc(Br)s1. The molecule has 0 bridgehead atoms. The summed E-state index contributed by atoms with van der Waals surface area (Å²) in [5.74, 6) is 1.07. The standard InChI is InChI=1S/C12H14BrNO3S2/c1-2-17-12(16)8-7-18-6-5-14(8)11(15)9-3-4-10(13)19-9/h3-4,8H,2,5-7H2,1H3. The zero-order valence-electron chi connectivity index (χ0n) is 10.4. The van der Waals surface area contributed by atoms with Gasteiger partial charge < -0.3 is 9.64 Å². The van der Waals surface area contributed by atoms with E-state index in [4.69, 9.17) is 4.74 Å². The van der Waals surface area contributed by atoms with Gasteiger partial charge in [-0.25, -0.2) is 4.79 Å². The highest BCUT2D eigenvalue weighted by atomic mass is 79.9. The Bertz CT molecular complexity index is 477. The van der Waals surface area contributed by atoms with E-state index in [0.717, 1.165) is 9.54 Å². The molecule has 0 radical (unpaired) electrons. The maximum atomic E-state index is 12.4. The molecule has 19 heavy (non-hydrogen) atoms. The van der Waals surface area contributed by atoms with Gasteiger partial charge in [0.25, 0.3) is 5.91 Å². The Hall–Kier alpha value is -0.530. The van der Waals surface area contributed by atoms with Gasteiger partial charge in [-0.2, -0.15) is 11.8 Å². The smallest absolute Gasteiger partial charge is 0.329 e. The highest BCUT2D eigenvalue weighted by molar-refractivity contribution is 9.11. The van der Waals surface area contributed by atoms with Crippen LogP contribution < -0.4 is 0 Å². The lowest BCUT2D eigenvalue weighted by Gasteiger charge is -2.33.